The van der Waals surface area contributed by atoms with Crippen LogP contribution in [0.5, 0.6) is 11.5 Å². The van der Waals surface area contributed by atoms with Gasteiger partial charge in [0.1, 0.15) is 13.2 Å². The first-order valence-corrected chi connectivity index (χ1v) is 6.58. The molecule has 1 aliphatic rings. The van der Waals surface area contributed by atoms with Crippen molar-refractivity contribution in [2.45, 2.75) is 6.54 Å². The number of aromatic nitrogens is 1. The van der Waals surface area contributed by atoms with Gasteiger partial charge in [-0.05, 0) is 29.2 Å². The topological polar surface area (TPSA) is 80.9 Å². The number of ether oxygens (including phenoxy) is 2. The maximum Gasteiger partial charge on any atom is 0.488 e. The van der Waals surface area contributed by atoms with E-state index < -0.39 is 7.12 Å². The van der Waals surface area contributed by atoms with Gasteiger partial charge in [0.25, 0.3) is 0 Å². The van der Waals surface area contributed by atoms with Crippen LogP contribution in [0.2, 0.25) is 0 Å². The number of hydrogen-bond donors (Lipinski definition) is 2. The second-order valence-electron chi connectivity index (χ2n) is 4.78. The molecule has 3 rings (SSSR count). The molecule has 0 fully saturated rings. The van der Waals surface area contributed by atoms with Gasteiger partial charge >= 0.3 is 7.12 Å². The Hall–Kier alpha value is -2.25. The van der Waals surface area contributed by atoms with Gasteiger partial charge in [0.15, 0.2) is 11.5 Å². The SMILES string of the molecule is O=c1cc(B(O)O)ccn1Cc1ccc2c(c1)OCCO2. The summed E-state index contributed by atoms with van der Waals surface area (Å²) in [5.74, 6) is 1.38. The lowest BCUT2D eigenvalue weighted by Gasteiger charge is -2.19. The summed E-state index contributed by atoms with van der Waals surface area (Å²) in [6, 6.07) is 8.25. The van der Waals surface area contributed by atoms with Crippen molar-refractivity contribution in [1.82, 2.24) is 4.57 Å². The molecule has 0 spiro atoms. The molecule has 21 heavy (non-hydrogen) atoms. The lowest BCUT2D eigenvalue weighted by atomic mass is 9.81. The Kier molecular flexibility index (Phi) is 3.68. The zero-order chi connectivity index (χ0) is 14.8. The van der Waals surface area contributed by atoms with E-state index in [2.05, 4.69) is 0 Å². The fourth-order valence-corrected chi connectivity index (χ4v) is 2.20. The number of hydrogen-bond acceptors (Lipinski definition) is 5. The molecule has 1 aromatic carbocycles. The van der Waals surface area contributed by atoms with Gasteiger partial charge in [-0.25, -0.2) is 0 Å². The average molecular weight is 287 g/mol. The molecule has 0 unspecified atom stereocenters. The molecule has 108 valence electrons. The fourth-order valence-electron chi connectivity index (χ4n) is 2.20. The largest absolute Gasteiger partial charge is 0.488 e. The Balaban J connectivity index is 1.85. The van der Waals surface area contributed by atoms with Gasteiger partial charge in [-0.1, -0.05) is 6.07 Å². The van der Waals surface area contributed by atoms with Crippen LogP contribution >= 0.6 is 0 Å². The van der Waals surface area contributed by atoms with Crippen LogP contribution in [0.15, 0.2) is 41.3 Å². The van der Waals surface area contributed by atoms with E-state index in [1.807, 2.05) is 18.2 Å². The van der Waals surface area contributed by atoms with Crippen molar-refractivity contribution in [1.29, 1.82) is 0 Å². The second-order valence-corrected chi connectivity index (χ2v) is 4.78. The Morgan fingerprint density at radius 1 is 1.10 bits per heavy atom. The van der Waals surface area contributed by atoms with Crippen molar-refractivity contribution >= 4 is 12.6 Å². The summed E-state index contributed by atoms with van der Waals surface area (Å²) in [6.07, 6.45) is 1.54. The molecule has 0 atom stereocenters. The highest BCUT2D eigenvalue weighted by molar-refractivity contribution is 6.58. The molecule has 0 amide bonds. The van der Waals surface area contributed by atoms with Crippen molar-refractivity contribution < 1.29 is 19.5 Å². The Morgan fingerprint density at radius 3 is 2.57 bits per heavy atom. The molecule has 2 N–H and O–H groups in total. The summed E-state index contributed by atoms with van der Waals surface area (Å²) >= 11 is 0. The van der Waals surface area contributed by atoms with Crippen molar-refractivity contribution in [3.63, 3.8) is 0 Å². The van der Waals surface area contributed by atoms with Gasteiger partial charge in [-0.15, -0.1) is 0 Å². The van der Waals surface area contributed by atoms with Crippen LogP contribution in [0.25, 0.3) is 0 Å². The molecule has 0 bridgehead atoms. The molecule has 0 aliphatic carbocycles. The summed E-state index contributed by atoms with van der Waals surface area (Å²) < 4.78 is 12.4. The van der Waals surface area contributed by atoms with Crippen LogP contribution in [-0.4, -0.2) is 34.9 Å². The average Bonchev–Trinajstić information content (AvgIpc) is 2.49. The zero-order valence-corrected chi connectivity index (χ0v) is 11.2. The summed E-state index contributed by atoms with van der Waals surface area (Å²) in [4.78, 5) is 11.9. The van der Waals surface area contributed by atoms with E-state index in [1.54, 1.807) is 0 Å². The minimum atomic E-state index is -1.64. The highest BCUT2D eigenvalue weighted by Gasteiger charge is 2.14. The standard InChI is InChI=1S/C14H14BNO5/c17-14-8-11(15(18)19)3-4-16(14)9-10-1-2-12-13(7-10)21-6-5-20-12/h1-4,7-8,18-19H,5-6,9H2. The predicted molar refractivity (Wildman–Crippen MR) is 77.1 cm³/mol. The molecule has 6 nitrogen and oxygen atoms in total. The molecule has 7 heteroatoms. The van der Waals surface area contributed by atoms with Crippen LogP contribution in [0.1, 0.15) is 5.56 Å². The first kappa shape index (κ1) is 13.7. The number of rotatable bonds is 3. The molecular formula is C14H14BNO5. The first-order chi connectivity index (χ1) is 10.1. The van der Waals surface area contributed by atoms with E-state index in [0.29, 0.717) is 31.3 Å². The van der Waals surface area contributed by atoms with Crippen LogP contribution in [0, 0.1) is 0 Å². The highest BCUT2D eigenvalue weighted by Crippen LogP contribution is 2.30. The molecule has 1 aromatic heterocycles. The Bertz CT molecular complexity index is 713. The lowest BCUT2D eigenvalue weighted by molar-refractivity contribution is 0.171. The first-order valence-electron chi connectivity index (χ1n) is 6.58. The highest BCUT2D eigenvalue weighted by atomic mass is 16.6. The van der Waals surface area contributed by atoms with Crippen molar-refractivity contribution in [2.75, 3.05) is 13.2 Å². The minimum absolute atomic E-state index is 0.179. The summed E-state index contributed by atoms with van der Waals surface area (Å²) in [5.41, 5.74) is 0.785. The smallest absolute Gasteiger partial charge is 0.486 e. The normalized spacial score (nSPS) is 13.0. The van der Waals surface area contributed by atoms with Gasteiger partial charge in [0.05, 0.1) is 6.54 Å². The van der Waals surface area contributed by atoms with Crippen molar-refractivity contribution in [3.05, 3.63) is 52.4 Å². The van der Waals surface area contributed by atoms with Gasteiger partial charge in [0, 0.05) is 12.3 Å². The third-order valence-electron chi connectivity index (χ3n) is 3.28. The molecule has 0 saturated heterocycles. The fraction of sp³-hybridized carbons (Fsp3) is 0.214. The maximum atomic E-state index is 11.9. The van der Waals surface area contributed by atoms with Crippen molar-refractivity contribution in [2.24, 2.45) is 0 Å². The third-order valence-corrected chi connectivity index (χ3v) is 3.28. The molecule has 0 saturated carbocycles. The van der Waals surface area contributed by atoms with Crippen LogP contribution < -0.4 is 20.5 Å². The Labute approximate surface area is 121 Å². The van der Waals surface area contributed by atoms with E-state index in [4.69, 9.17) is 19.5 Å². The molecule has 2 heterocycles. The second kappa shape index (κ2) is 5.63. The van der Waals surface area contributed by atoms with Crippen molar-refractivity contribution in [3.8, 4) is 11.5 Å². The van der Waals surface area contributed by atoms with Gasteiger partial charge in [0.2, 0.25) is 5.56 Å². The molecule has 1 aliphatic heterocycles. The molecular weight excluding hydrogens is 273 g/mol. The molecule has 0 radical (unpaired) electrons. The summed E-state index contributed by atoms with van der Waals surface area (Å²) in [5, 5.41) is 18.1. The number of pyridine rings is 1. The van der Waals surface area contributed by atoms with Gasteiger partial charge < -0.3 is 24.1 Å². The maximum absolute atomic E-state index is 11.9. The van der Waals surface area contributed by atoms with E-state index >= 15 is 0 Å². The quantitative estimate of drug-likeness (QED) is 0.733. The minimum Gasteiger partial charge on any atom is -0.486 e. The number of benzene rings is 1. The van der Waals surface area contributed by atoms with Crippen LogP contribution in [0.4, 0.5) is 0 Å². The number of nitrogens with zero attached hydrogens (tertiary/aromatic N) is 1. The van der Waals surface area contributed by atoms with Gasteiger partial charge in [-0.2, -0.15) is 0 Å². The molecule has 2 aromatic rings. The van der Waals surface area contributed by atoms with E-state index in [-0.39, 0.29) is 11.0 Å². The van der Waals surface area contributed by atoms with Crippen LogP contribution in [0.3, 0.4) is 0 Å². The van der Waals surface area contributed by atoms with E-state index in [0.717, 1.165) is 5.56 Å². The zero-order valence-electron chi connectivity index (χ0n) is 11.2. The third kappa shape index (κ3) is 2.93. The van der Waals surface area contributed by atoms with Gasteiger partial charge in [-0.3, -0.25) is 4.79 Å². The lowest BCUT2D eigenvalue weighted by Crippen LogP contribution is -2.35. The summed E-state index contributed by atoms with van der Waals surface area (Å²) in [6.45, 7) is 1.42. The Morgan fingerprint density at radius 2 is 1.86 bits per heavy atom. The van der Waals surface area contributed by atoms with E-state index in [1.165, 1.54) is 22.9 Å². The van der Waals surface area contributed by atoms with E-state index in [9.17, 15) is 4.79 Å². The number of fused-ring (bicyclic) bond motifs is 1. The summed E-state index contributed by atoms with van der Waals surface area (Å²) in [7, 11) is -1.64. The monoisotopic (exact) mass is 287 g/mol. The predicted octanol–water partition coefficient (Wildman–Crippen LogP) is -0.652. The van der Waals surface area contributed by atoms with Crippen LogP contribution in [-0.2, 0) is 6.54 Å².